The SMILES string of the molecule is O=[N+]([O-])c1ccc(Cl)c(C2NCCc3cc4c(cc32)OCCO4)c1. The third-order valence-corrected chi connectivity index (χ3v) is 4.70. The van der Waals surface area contributed by atoms with E-state index in [1.54, 1.807) is 6.07 Å². The Morgan fingerprint density at radius 3 is 2.62 bits per heavy atom. The van der Waals surface area contributed by atoms with Gasteiger partial charge in [-0.3, -0.25) is 10.1 Å². The highest BCUT2D eigenvalue weighted by Crippen LogP contribution is 2.40. The van der Waals surface area contributed by atoms with E-state index in [0.29, 0.717) is 29.5 Å². The van der Waals surface area contributed by atoms with Gasteiger partial charge in [0, 0.05) is 23.7 Å². The van der Waals surface area contributed by atoms with Crippen LogP contribution in [0.2, 0.25) is 5.02 Å². The number of fused-ring (bicyclic) bond motifs is 2. The molecule has 2 aliphatic heterocycles. The molecule has 2 aliphatic rings. The summed E-state index contributed by atoms with van der Waals surface area (Å²) in [5.74, 6) is 1.46. The quantitative estimate of drug-likeness (QED) is 0.667. The molecule has 0 bridgehead atoms. The molecule has 124 valence electrons. The Bertz CT molecular complexity index is 824. The molecule has 0 spiro atoms. The summed E-state index contributed by atoms with van der Waals surface area (Å²) in [7, 11) is 0. The highest BCUT2D eigenvalue weighted by atomic mass is 35.5. The first kappa shape index (κ1) is 15.2. The molecule has 2 heterocycles. The summed E-state index contributed by atoms with van der Waals surface area (Å²) < 4.78 is 11.3. The van der Waals surface area contributed by atoms with Crippen LogP contribution in [0, 0.1) is 10.1 Å². The van der Waals surface area contributed by atoms with Gasteiger partial charge in [-0.1, -0.05) is 11.6 Å². The van der Waals surface area contributed by atoms with Crippen LogP contribution < -0.4 is 14.8 Å². The molecule has 0 amide bonds. The third kappa shape index (κ3) is 2.57. The summed E-state index contributed by atoms with van der Waals surface area (Å²) in [6.07, 6.45) is 0.856. The van der Waals surface area contributed by atoms with E-state index in [4.69, 9.17) is 21.1 Å². The van der Waals surface area contributed by atoms with Crippen LogP contribution in [-0.2, 0) is 6.42 Å². The lowest BCUT2D eigenvalue weighted by atomic mass is 9.89. The van der Waals surface area contributed by atoms with Gasteiger partial charge in [0.2, 0.25) is 0 Å². The monoisotopic (exact) mass is 346 g/mol. The highest BCUT2D eigenvalue weighted by Gasteiger charge is 2.27. The lowest BCUT2D eigenvalue weighted by molar-refractivity contribution is -0.384. The Morgan fingerprint density at radius 2 is 1.88 bits per heavy atom. The zero-order valence-electron chi connectivity index (χ0n) is 12.8. The summed E-state index contributed by atoms with van der Waals surface area (Å²) in [5.41, 5.74) is 2.89. The number of non-ortho nitro benzene ring substituents is 1. The topological polar surface area (TPSA) is 73.6 Å². The number of benzene rings is 2. The minimum atomic E-state index is -0.409. The fraction of sp³-hybridized carbons (Fsp3) is 0.294. The van der Waals surface area contributed by atoms with Crippen molar-refractivity contribution in [2.45, 2.75) is 12.5 Å². The molecule has 2 aromatic rings. The molecule has 6 nitrogen and oxygen atoms in total. The standard InChI is InChI=1S/C17H15ClN2O4/c18-14-2-1-11(20(21)22)8-13(14)17-12-9-16-15(23-5-6-24-16)7-10(12)3-4-19-17/h1-2,7-9,17,19H,3-6H2. The Kier molecular flexibility index (Phi) is 3.78. The second-order valence-electron chi connectivity index (χ2n) is 5.79. The van der Waals surface area contributed by atoms with E-state index >= 15 is 0 Å². The van der Waals surface area contributed by atoms with E-state index in [0.717, 1.165) is 29.8 Å². The molecule has 0 radical (unpaired) electrons. The van der Waals surface area contributed by atoms with E-state index < -0.39 is 4.92 Å². The van der Waals surface area contributed by atoms with Crippen molar-refractivity contribution in [1.29, 1.82) is 0 Å². The number of nitro groups is 1. The molecular weight excluding hydrogens is 332 g/mol. The van der Waals surface area contributed by atoms with E-state index in [1.807, 2.05) is 12.1 Å². The van der Waals surface area contributed by atoms with Crippen molar-refractivity contribution in [3.8, 4) is 11.5 Å². The smallest absolute Gasteiger partial charge is 0.269 e. The predicted octanol–water partition coefficient (Wildman–Crippen LogP) is 3.25. The average Bonchev–Trinajstić information content (AvgIpc) is 2.60. The molecule has 4 rings (SSSR count). The van der Waals surface area contributed by atoms with E-state index in [1.165, 1.54) is 12.1 Å². The first-order valence-corrected chi connectivity index (χ1v) is 8.11. The molecule has 0 fully saturated rings. The number of nitro benzene ring substituents is 1. The second-order valence-corrected chi connectivity index (χ2v) is 6.20. The fourth-order valence-electron chi connectivity index (χ4n) is 3.24. The molecule has 1 unspecified atom stereocenters. The van der Waals surface area contributed by atoms with Crippen molar-refractivity contribution in [2.24, 2.45) is 0 Å². The van der Waals surface area contributed by atoms with E-state index in [9.17, 15) is 10.1 Å². The van der Waals surface area contributed by atoms with Gasteiger partial charge in [0.1, 0.15) is 13.2 Å². The van der Waals surface area contributed by atoms with Crippen LogP contribution in [0.5, 0.6) is 11.5 Å². The van der Waals surface area contributed by atoms with Crippen LogP contribution in [-0.4, -0.2) is 24.7 Å². The van der Waals surface area contributed by atoms with Gasteiger partial charge in [0.25, 0.3) is 5.69 Å². The van der Waals surface area contributed by atoms with Gasteiger partial charge in [-0.15, -0.1) is 0 Å². The summed E-state index contributed by atoms with van der Waals surface area (Å²) in [5, 5.41) is 15.0. The Balaban J connectivity index is 1.82. The summed E-state index contributed by atoms with van der Waals surface area (Å²) >= 11 is 6.33. The average molecular weight is 347 g/mol. The first-order valence-electron chi connectivity index (χ1n) is 7.73. The maximum Gasteiger partial charge on any atom is 0.269 e. The van der Waals surface area contributed by atoms with E-state index in [-0.39, 0.29) is 11.7 Å². The molecular formula is C17H15ClN2O4. The molecule has 2 aromatic carbocycles. The van der Waals surface area contributed by atoms with E-state index in [2.05, 4.69) is 5.32 Å². The molecule has 24 heavy (non-hydrogen) atoms. The number of hydrogen-bond acceptors (Lipinski definition) is 5. The van der Waals surface area contributed by atoms with Crippen molar-refractivity contribution in [3.63, 3.8) is 0 Å². The molecule has 0 saturated heterocycles. The van der Waals surface area contributed by atoms with Gasteiger partial charge >= 0.3 is 0 Å². The zero-order chi connectivity index (χ0) is 16.7. The van der Waals surface area contributed by atoms with Gasteiger partial charge in [-0.05, 0) is 41.3 Å². The number of halogens is 1. The molecule has 1 N–H and O–H groups in total. The normalized spacial score (nSPS) is 18.8. The van der Waals surface area contributed by atoms with Crippen LogP contribution in [0.25, 0.3) is 0 Å². The highest BCUT2D eigenvalue weighted by molar-refractivity contribution is 6.31. The van der Waals surface area contributed by atoms with Crippen LogP contribution in [0.4, 0.5) is 5.69 Å². The maximum atomic E-state index is 11.1. The summed E-state index contributed by atoms with van der Waals surface area (Å²) in [4.78, 5) is 10.7. The number of ether oxygens (including phenoxy) is 2. The minimum absolute atomic E-state index is 0.0286. The molecule has 0 aliphatic carbocycles. The number of nitrogens with zero attached hydrogens (tertiary/aromatic N) is 1. The lowest BCUT2D eigenvalue weighted by Gasteiger charge is -2.30. The second kappa shape index (κ2) is 5.96. The molecule has 7 heteroatoms. The van der Waals surface area contributed by atoms with Gasteiger partial charge in [0.05, 0.1) is 11.0 Å². The maximum absolute atomic E-state index is 11.1. The summed E-state index contributed by atoms with van der Waals surface area (Å²) in [6.45, 7) is 1.82. The third-order valence-electron chi connectivity index (χ3n) is 4.36. The minimum Gasteiger partial charge on any atom is -0.486 e. The van der Waals surface area contributed by atoms with Gasteiger partial charge in [-0.2, -0.15) is 0 Å². The van der Waals surface area contributed by atoms with Crippen molar-refractivity contribution >= 4 is 17.3 Å². The van der Waals surface area contributed by atoms with Crippen molar-refractivity contribution in [1.82, 2.24) is 5.32 Å². The summed E-state index contributed by atoms with van der Waals surface area (Å²) in [6, 6.07) is 8.27. The lowest BCUT2D eigenvalue weighted by Crippen LogP contribution is -2.31. The Morgan fingerprint density at radius 1 is 1.12 bits per heavy atom. The van der Waals surface area contributed by atoms with Crippen molar-refractivity contribution in [2.75, 3.05) is 19.8 Å². The molecule has 0 aromatic heterocycles. The number of nitrogens with one attached hydrogen (secondary N) is 1. The van der Waals surface area contributed by atoms with Gasteiger partial charge < -0.3 is 14.8 Å². The first-order chi connectivity index (χ1) is 11.6. The van der Waals surface area contributed by atoms with Crippen LogP contribution in [0.3, 0.4) is 0 Å². The van der Waals surface area contributed by atoms with Crippen LogP contribution in [0.15, 0.2) is 30.3 Å². The molecule has 1 atom stereocenters. The van der Waals surface area contributed by atoms with Crippen LogP contribution >= 0.6 is 11.6 Å². The zero-order valence-corrected chi connectivity index (χ0v) is 13.5. The predicted molar refractivity (Wildman–Crippen MR) is 89.1 cm³/mol. The molecule has 0 saturated carbocycles. The van der Waals surface area contributed by atoms with Crippen molar-refractivity contribution in [3.05, 3.63) is 62.2 Å². The fourth-order valence-corrected chi connectivity index (χ4v) is 3.46. The van der Waals surface area contributed by atoms with Crippen LogP contribution in [0.1, 0.15) is 22.7 Å². The van der Waals surface area contributed by atoms with Crippen molar-refractivity contribution < 1.29 is 14.4 Å². The number of hydrogen-bond donors (Lipinski definition) is 1. The Labute approximate surface area is 143 Å². The number of rotatable bonds is 2. The van der Waals surface area contributed by atoms with Gasteiger partial charge in [0.15, 0.2) is 11.5 Å². The van der Waals surface area contributed by atoms with Gasteiger partial charge in [-0.25, -0.2) is 0 Å². The Hall–Kier alpha value is -2.31. The largest absolute Gasteiger partial charge is 0.486 e.